The van der Waals surface area contributed by atoms with Gasteiger partial charge in [-0.1, -0.05) is 88.3 Å². The van der Waals surface area contributed by atoms with Crippen LogP contribution in [-0.2, 0) is 59.7 Å². The van der Waals surface area contributed by atoms with E-state index in [4.69, 9.17) is 0 Å². The van der Waals surface area contributed by atoms with Gasteiger partial charge in [-0.3, -0.25) is 0 Å². The Kier molecular flexibility index (Phi) is 16.1. The van der Waals surface area contributed by atoms with Gasteiger partial charge >= 0.3 is 151 Å². The average molecular weight is 783 g/mol. The molecule has 5 aromatic rings. The summed E-state index contributed by atoms with van der Waals surface area (Å²) in [6, 6.07) is 41.0. The Morgan fingerprint density at radius 1 is 0.640 bits per heavy atom. The summed E-state index contributed by atoms with van der Waals surface area (Å²) in [5.41, 5.74) is 16.3. The summed E-state index contributed by atoms with van der Waals surface area (Å²) in [4.78, 5) is 0. The van der Waals surface area contributed by atoms with Gasteiger partial charge in [0.25, 0.3) is 0 Å². The zero-order valence-electron chi connectivity index (χ0n) is 32.2. The first-order chi connectivity index (χ1) is 22.5. The largest absolute Gasteiger partial charge is 1.00 e. The van der Waals surface area contributed by atoms with Gasteiger partial charge in [0.05, 0.1) is 0 Å². The topological polar surface area (TPSA) is 0 Å². The van der Waals surface area contributed by atoms with Crippen molar-refractivity contribution in [2.45, 2.75) is 112 Å². The zero-order chi connectivity index (χ0) is 35.3. The van der Waals surface area contributed by atoms with E-state index in [0.29, 0.717) is 5.41 Å². The predicted molar refractivity (Wildman–Crippen MR) is 207 cm³/mol. The second-order valence-electron chi connectivity index (χ2n) is 16.2. The summed E-state index contributed by atoms with van der Waals surface area (Å²) in [7, 11) is 0. The van der Waals surface area contributed by atoms with E-state index in [2.05, 4.69) is 179 Å². The SMILES string of the molecule is CC(C)(C)c1ccc([C](=[Zr+2])c2ccc(C(C)(C)C)cc2)cc1.CCc1cc(C(C)(C)C)c(CC)[cH-]1.[Cl-].[Cl-].[c-]1cccc2c1Cc1ccccc1-2. The maximum atomic E-state index is 3.30. The van der Waals surface area contributed by atoms with Crippen LogP contribution in [0, 0.1) is 6.07 Å². The molecule has 0 saturated heterocycles. The maximum Gasteiger partial charge on any atom is -0.0253 e. The number of aryl methyl sites for hydroxylation is 2. The van der Waals surface area contributed by atoms with Crippen LogP contribution in [0.4, 0.5) is 0 Å². The average Bonchev–Trinajstić information content (AvgIpc) is 3.66. The first kappa shape index (κ1) is 43.7. The summed E-state index contributed by atoms with van der Waals surface area (Å²) in [5, 5.41) is 0. The quantitative estimate of drug-likeness (QED) is 0.185. The van der Waals surface area contributed by atoms with Crippen molar-refractivity contribution >= 4 is 3.21 Å². The van der Waals surface area contributed by atoms with Crippen molar-refractivity contribution in [3.05, 3.63) is 159 Å². The van der Waals surface area contributed by atoms with Gasteiger partial charge in [0.15, 0.2) is 0 Å². The van der Waals surface area contributed by atoms with E-state index in [1.165, 1.54) is 88.6 Å². The number of rotatable bonds is 4. The van der Waals surface area contributed by atoms with Crippen LogP contribution in [0.3, 0.4) is 0 Å². The third kappa shape index (κ3) is 11.3. The third-order valence-electron chi connectivity index (χ3n) is 9.33. The first-order valence-electron chi connectivity index (χ1n) is 17.7. The maximum absolute atomic E-state index is 3.30. The Bertz CT molecular complexity index is 1700. The monoisotopic (exact) mass is 780 g/mol. The second kappa shape index (κ2) is 18.4. The molecule has 0 aromatic heterocycles. The fourth-order valence-electron chi connectivity index (χ4n) is 6.25. The summed E-state index contributed by atoms with van der Waals surface area (Å²) in [6.07, 6.45) is 3.36. The Morgan fingerprint density at radius 2 is 1.14 bits per heavy atom. The molecule has 0 fully saturated rings. The second-order valence-corrected chi connectivity index (χ2v) is 17.4. The minimum Gasteiger partial charge on any atom is -1.00 e. The van der Waals surface area contributed by atoms with Crippen molar-refractivity contribution in [3.8, 4) is 11.1 Å². The minimum atomic E-state index is 0. The third-order valence-corrected chi connectivity index (χ3v) is 10.7. The molecule has 264 valence electrons. The molecular weight excluding hydrogens is 727 g/mol. The van der Waals surface area contributed by atoms with E-state index >= 15 is 0 Å². The van der Waals surface area contributed by atoms with Gasteiger partial charge in [0.2, 0.25) is 0 Å². The van der Waals surface area contributed by atoms with E-state index in [0.717, 1.165) is 19.3 Å². The van der Waals surface area contributed by atoms with Gasteiger partial charge in [-0.2, -0.15) is 52.6 Å². The van der Waals surface area contributed by atoms with Crippen molar-refractivity contribution < 1.29 is 49.0 Å². The zero-order valence-corrected chi connectivity index (χ0v) is 36.2. The normalized spacial score (nSPS) is 11.8. The van der Waals surface area contributed by atoms with Crippen molar-refractivity contribution in [2.24, 2.45) is 0 Å². The van der Waals surface area contributed by atoms with Gasteiger partial charge in [-0.15, -0.1) is 5.56 Å². The molecule has 5 aromatic carbocycles. The molecule has 0 atom stereocenters. The fraction of sp³-hybridized carbons (Fsp3) is 0.362. The molecule has 1 aliphatic carbocycles. The molecule has 0 unspecified atom stereocenters. The van der Waals surface area contributed by atoms with Gasteiger partial charge in [0.1, 0.15) is 0 Å². The molecule has 0 saturated carbocycles. The van der Waals surface area contributed by atoms with Crippen LogP contribution in [0.15, 0.2) is 103 Å². The summed E-state index contributed by atoms with van der Waals surface area (Å²) >= 11 is 1.46. The molecule has 0 spiro atoms. The number of hydrogen-bond acceptors (Lipinski definition) is 0. The number of hydrogen-bond donors (Lipinski definition) is 0. The van der Waals surface area contributed by atoms with E-state index < -0.39 is 0 Å². The van der Waals surface area contributed by atoms with Crippen LogP contribution < -0.4 is 24.8 Å². The van der Waals surface area contributed by atoms with Gasteiger partial charge < -0.3 is 24.8 Å². The molecule has 0 N–H and O–H groups in total. The predicted octanol–water partition coefficient (Wildman–Crippen LogP) is 6.29. The summed E-state index contributed by atoms with van der Waals surface area (Å²) in [6.45, 7) is 24.9. The van der Waals surface area contributed by atoms with Gasteiger partial charge in [-0.25, -0.2) is 6.07 Å². The number of benzene rings is 4. The Morgan fingerprint density at radius 3 is 1.58 bits per heavy atom. The van der Waals surface area contributed by atoms with Gasteiger partial charge in [0, 0.05) is 0 Å². The molecule has 6 rings (SSSR count). The molecular formula is C47H56Cl2Zr-2. The van der Waals surface area contributed by atoms with Crippen LogP contribution in [0.5, 0.6) is 0 Å². The Labute approximate surface area is 332 Å². The minimum absolute atomic E-state index is 0. The summed E-state index contributed by atoms with van der Waals surface area (Å²) in [5.74, 6) is 0. The van der Waals surface area contributed by atoms with E-state index in [1.54, 1.807) is 0 Å². The standard InChI is InChI=1S/C21H26.C13H9.C13H21.2ClH.Zr/c1-20(2,3)18-11-7-16(8-12-18)15-17-9-13-19(14-10-17)21(4,5)6;1-3-7-12-10(5-1)9-11-6-2-4-8-13(11)12;1-6-10-8-11(7-2)12(9-10)13(3,4)5;;;/h7-14H,1-6H3;1-5,7-8H,9H2;8-9H,6-7H2,1-5H3;2*1H;/q;2*-1;;;+2/p-2. The van der Waals surface area contributed by atoms with Crippen molar-refractivity contribution in [1.82, 2.24) is 0 Å². The number of halogens is 2. The fourth-order valence-corrected chi connectivity index (χ4v) is 7.07. The van der Waals surface area contributed by atoms with Gasteiger partial charge in [-0.05, 0) is 6.42 Å². The van der Waals surface area contributed by atoms with Crippen LogP contribution in [-0.4, -0.2) is 3.21 Å². The molecule has 0 amide bonds. The molecule has 0 bridgehead atoms. The van der Waals surface area contributed by atoms with Crippen molar-refractivity contribution in [1.29, 1.82) is 0 Å². The molecule has 0 heterocycles. The molecule has 0 radical (unpaired) electrons. The molecule has 50 heavy (non-hydrogen) atoms. The van der Waals surface area contributed by atoms with Crippen molar-refractivity contribution in [2.75, 3.05) is 0 Å². The van der Waals surface area contributed by atoms with Crippen LogP contribution in [0.2, 0.25) is 0 Å². The number of fused-ring (bicyclic) bond motifs is 3. The molecule has 3 heteroatoms. The van der Waals surface area contributed by atoms with E-state index in [1.807, 2.05) is 6.07 Å². The van der Waals surface area contributed by atoms with Crippen molar-refractivity contribution in [3.63, 3.8) is 0 Å². The Balaban J connectivity index is 0.000000268. The van der Waals surface area contributed by atoms with E-state index in [-0.39, 0.29) is 35.6 Å². The summed E-state index contributed by atoms with van der Waals surface area (Å²) < 4.78 is 1.42. The molecule has 1 aliphatic rings. The van der Waals surface area contributed by atoms with Crippen LogP contribution in [0.25, 0.3) is 11.1 Å². The Hall–Kier alpha value is -2.44. The van der Waals surface area contributed by atoms with Crippen LogP contribution >= 0.6 is 0 Å². The molecule has 0 aliphatic heterocycles. The first-order valence-corrected chi connectivity index (χ1v) is 18.9. The smallest absolute Gasteiger partial charge is 0.0253 e. The van der Waals surface area contributed by atoms with Crippen LogP contribution in [0.1, 0.15) is 126 Å². The van der Waals surface area contributed by atoms with E-state index in [9.17, 15) is 0 Å². The molecule has 0 nitrogen and oxygen atoms in total.